The summed E-state index contributed by atoms with van der Waals surface area (Å²) in [6, 6.07) is 14.7. The van der Waals surface area contributed by atoms with E-state index in [1.165, 1.54) is 0 Å². The second kappa shape index (κ2) is 25.2. The van der Waals surface area contributed by atoms with Crippen LogP contribution in [0.3, 0.4) is 0 Å². The molecule has 4 rings (SSSR count). The molecule has 2 heterocycles. The summed E-state index contributed by atoms with van der Waals surface area (Å²) < 4.78 is 0. The first-order chi connectivity index (χ1) is 15.0. The molecule has 0 aliphatic carbocycles. The van der Waals surface area contributed by atoms with Crippen LogP contribution in [0.25, 0.3) is 16.0 Å². The SMILES string of the molecule is C.CC.CC.CC1=NC(C)C(=O)[N-]c2ccccc21.CC1C[N-]c2ccccc2[N-]C1=O.[Rb+].[Rb+].[Rb+]. The zero-order chi connectivity index (χ0) is 23.4. The summed E-state index contributed by atoms with van der Waals surface area (Å²) in [5.74, 6) is -0.338. The van der Waals surface area contributed by atoms with E-state index in [-0.39, 0.29) is 206 Å². The number of para-hydroxylation sites is 3. The fraction of sp³-hybridized carbons (Fsp3) is 0.423. The molecule has 2 aliphatic rings. The number of rotatable bonds is 0. The number of hydrogen-bond acceptors (Lipinski definition) is 3. The number of carbonyl (C=O) groups excluding carboxylic acids is 2. The Morgan fingerprint density at radius 1 is 0.743 bits per heavy atom. The predicted molar refractivity (Wildman–Crippen MR) is 137 cm³/mol. The van der Waals surface area contributed by atoms with Crippen LogP contribution >= 0.6 is 0 Å². The van der Waals surface area contributed by atoms with Crippen molar-refractivity contribution in [1.29, 1.82) is 0 Å². The number of fused-ring (bicyclic) bond motifs is 2. The topological polar surface area (TPSA) is 88.8 Å². The molecule has 9 heteroatoms. The van der Waals surface area contributed by atoms with Gasteiger partial charge in [-0.15, -0.1) is 17.9 Å². The van der Waals surface area contributed by atoms with Crippen LogP contribution in [-0.4, -0.2) is 30.1 Å². The molecule has 2 aliphatic heterocycles. The fourth-order valence-corrected chi connectivity index (χ4v) is 2.74. The maximum Gasteiger partial charge on any atom is 1.00 e. The number of carbonyl (C=O) groups is 2. The average molecular weight is 694 g/mol. The molecule has 0 N–H and O–H groups in total. The van der Waals surface area contributed by atoms with E-state index in [1.54, 1.807) is 6.92 Å². The summed E-state index contributed by atoms with van der Waals surface area (Å²) in [6.07, 6.45) is 0. The summed E-state index contributed by atoms with van der Waals surface area (Å²) in [6.45, 7) is 14.1. The molecule has 35 heavy (non-hydrogen) atoms. The van der Waals surface area contributed by atoms with E-state index in [2.05, 4.69) is 20.9 Å². The monoisotopic (exact) mass is 692 g/mol. The number of nitrogens with zero attached hydrogens (tertiary/aromatic N) is 4. The molecule has 0 aromatic heterocycles. The fourth-order valence-electron chi connectivity index (χ4n) is 2.74. The average Bonchev–Trinajstić information content (AvgIpc) is 3.01. The summed E-state index contributed by atoms with van der Waals surface area (Å²) in [5, 5.41) is 12.3. The van der Waals surface area contributed by atoms with Crippen LogP contribution < -0.4 is 175 Å². The van der Waals surface area contributed by atoms with E-state index >= 15 is 0 Å². The van der Waals surface area contributed by atoms with Crippen LogP contribution in [0.4, 0.5) is 17.1 Å². The second-order valence-corrected chi connectivity index (χ2v) is 6.54. The van der Waals surface area contributed by atoms with Gasteiger partial charge >= 0.3 is 175 Å². The summed E-state index contributed by atoms with van der Waals surface area (Å²) >= 11 is 0. The van der Waals surface area contributed by atoms with Gasteiger partial charge in [0.25, 0.3) is 0 Å². The number of benzene rings is 2. The van der Waals surface area contributed by atoms with Crippen LogP contribution in [0.2, 0.25) is 0 Å². The summed E-state index contributed by atoms with van der Waals surface area (Å²) in [5.41, 5.74) is 4.06. The predicted octanol–water partition coefficient (Wildman–Crippen LogP) is -0.997. The molecule has 2 atom stereocenters. The van der Waals surface area contributed by atoms with Crippen molar-refractivity contribution in [3.05, 3.63) is 70.0 Å². The van der Waals surface area contributed by atoms with Gasteiger partial charge < -0.3 is 25.5 Å². The van der Waals surface area contributed by atoms with E-state index < -0.39 is 0 Å². The van der Waals surface area contributed by atoms with E-state index in [1.807, 2.05) is 90.1 Å². The third kappa shape index (κ3) is 15.0. The molecule has 0 fully saturated rings. The van der Waals surface area contributed by atoms with E-state index in [9.17, 15) is 9.59 Å². The van der Waals surface area contributed by atoms with Crippen LogP contribution in [-0.2, 0) is 9.59 Å². The Kier molecular flexibility index (Phi) is 31.9. The van der Waals surface area contributed by atoms with Gasteiger partial charge in [0.05, 0.1) is 17.9 Å². The minimum absolute atomic E-state index is 0. The zero-order valence-corrected chi connectivity index (χ0v) is 37.3. The molecule has 2 unspecified atom stereocenters. The van der Waals surface area contributed by atoms with E-state index in [0.29, 0.717) is 12.2 Å². The molecule has 6 nitrogen and oxygen atoms in total. The molecule has 2 aromatic carbocycles. The number of aliphatic imine (C=N–C) groups is 1. The van der Waals surface area contributed by atoms with E-state index in [4.69, 9.17) is 0 Å². The number of hydrogen-bond donors (Lipinski definition) is 0. The van der Waals surface area contributed by atoms with Crippen LogP contribution in [0.15, 0.2) is 53.5 Å². The molecule has 0 radical (unpaired) electrons. The minimum Gasteiger partial charge on any atom is -0.685 e. The third-order valence-corrected chi connectivity index (χ3v) is 4.34. The van der Waals surface area contributed by atoms with Gasteiger partial charge in [-0.25, -0.2) is 0 Å². The number of amides is 2. The maximum absolute atomic E-state index is 11.4. The van der Waals surface area contributed by atoms with Crippen LogP contribution in [0, 0.1) is 5.92 Å². The molecular weight excluding hydrogens is 657 g/mol. The standard InChI is InChI=1S/C11H12N2O.C10H11N2O.2C2H6.CH4.3Rb/c1-7-9-5-3-4-6-10(9)13-11(14)8(2)12-7;1-7-6-11-8-4-2-3-5-9(8)12-10(7)13;2*1-2;;;;/h3-6,8H,1-2H3,(H,12,13,14);2-5,7H,6H2,1H3,(H,12,13);2*1-2H3;1H4;;;/q;-1;;;;3*+1/p-2. The van der Waals surface area contributed by atoms with E-state index in [0.717, 1.165) is 22.6 Å². The van der Waals surface area contributed by atoms with Gasteiger partial charge in [0.2, 0.25) is 0 Å². The van der Waals surface area contributed by atoms with Gasteiger partial charge in [0, 0.05) is 5.71 Å². The molecule has 2 aromatic rings. The molecular formula is C26H37N4O2Rb3. The van der Waals surface area contributed by atoms with Gasteiger partial charge in [0.15, 0.2) is 0 Å². The minimum atomic E-state index is -0.359. The van der Waals surface area contributed by atoms with Crippen LogP contribution in [0.5, 0.6) is 0 Å². The smallest absolute Gasteiger partial charge is 0.685 e. The quantitative estimate of drug-likeness (QED) is 0.355. The van der Waals surface area contributed by atoms with Gasteiger partial charge in [-0.3, -0.25) is 4.99 Å². The van der Waals surface area contributed by atoms with Gasteiger partial charge in [0.1, 0.15) is 0 Å². The normalized spacial score (nSPS) is 16.4. The van der Waals surface area contributed by atoms with Gasteiger partial charge in [-0.2, -0.15) is 5.69 Å². The Bertz CT molecular complexity index is 908. The Labute approximate surface area is 359 Å². The van der Waals surface area contributed by atoms with Crippen molar-refractivity contribution >= 4 is 34.6 Å². The first-order valence-corrected chi connectivity index (χ1v) is 10.9. The molecule has 2 amide bonds. The summed E-state index contributed by atoms with van der Waals surface area (Å²) in [7, 11) is 0. The molecule has 0 saturated heterocycles. The molecule has 176 valence electrons. The Balaban J connectivity index is -0.000000219. The van der Waals surface area contributed by atoms with Crippen molar-refractivity contribution in [3.8, 4) is 0 Å². The first-order valence-electron chi connectivity index (χ1n) is 10.9. The number of benzodiazepines with no additional fused rings is 1. The molecule has 0 spiro atoms. The zero-order valence-electron chi connectivity index (χ0n) is 22.6. The molecule has 0 saturated carbocycles. The maximum atomic E-state index is 11.4. The molecule has 0 bridgehead atoms. The summed E-state index contributed by atoms with van der Waals surface area (Å²) in [4.78, 5) is 27.1. The van der Waals surface area contributed by atoms with Gasteiger partial charge in [-0.05, 0) is 25.3 Å². The van der Waals surface area contributed by atoms with Crippen molar-refractivity contribution in [2.75, 3.05) is 6.54 Å². The Morgan fingerprint density at radius 2 is 1.20 bits per heavy atom. The largest absolute Gasteiger partial charge is 1.00 e. The van der Waals surface area contributed by atoms with Crippen molar-refractivity contribution in [2.45, 2.75) is 61.9 Å². The van der Waals surface area contributed by atoms with Gasteiger partial charge in [-0.1, -0.05) is 90.6 Å². The van der Waals surface area contributed by atoms with Crippen molar-refractivity contribution in [2.24, 2.45) is 10.9 Å². The second-order valence-electron chi connectivity index (χ2n) is 6.54. The van der Waals surface area contributed by atoms with Crippen LogP contribution in [0.1, 0.15) is 61.5 Å². The Hall–Kier alpha value is 2.27. The van der Waals surface area contributed by atoms with Crippen molar-refractivity contribution in [3.63, 3.8) is 0 Å². The first kappa shape index (κ1) is 44.3. The third-order valence-electron chi connectivity index (χ3n) is 4.34. The Morgan fingerprint density at radius 3 is 1.77 bits per heavy atom. The van der Waals surface area contributed by atoms with Crippen molar-refractivity contribution in [1.82, 2.24) is 0 Å². The van der Waals surface area contributed by atoms with Crippen molar-refractivity contribution < 1.29 is 184 Å².